The van der Waals surface area contributed by atoms with E-state index in [1.165, 1.54) is 5.69 Å². The SMILES string of the molecule is Cc1cc(CN2CC[C@@H](O)C2)n(C)n1. The first-order valence-corrected chi connectivity index (χ1v) is 5.05. The molecule has 1 aromatic rings. The first-order chi connectivity index (χ1) is 6.65. The van der Waals surface area contributed by atoms with Crippen molar-refractivity contribution in [3.63, 3.8) is 0 Å². The zero-order valence-electron chi connectivity index (χ0n) is 8.77. The Labute approximate surface area is 84.1 Å². The summed E-state index contributed by atoms with van der Waals surface area (Å²) >= 11 is 0. The van der Waals surface area contributed by atoms with Crippen LogP contribution in [0.25, 0.3) is 0 Å². The van der Waals surface area contributed by atoms with Gasteiger partial charge in [-0.15, -0.1) is 0 Å². The van der Waals surface area contributed by atoms with Crippen molar-refractivity contribution in [1.82, 2.24) is 14.7 Å². The third-order valence-electron chi connectivity index (χ3n) is 2.73. The zero-order chi connectivity index (χ0) is 10.1. The van der Waals surface area contributed by atoms with Crippen molar-refractivity contribution in [2.24, 2.45) is 7.05 Å². The van der Waals surface area contributed by atoms with E-state index in [-0.39, 0.29) is 6.10 Å². The highest BCUT2D eigenvalue weighted by Crippen LogP contribution is 2.13. The molecule has 1 aliphatic rings. The van der Waals surface area contributed by atoms with Crippen molar-refractivity contribution in [3.8, 4) is 0 Å². The Morgan fingerprint density at radius 3 is 2.93 bits per heavy atom. The van der Waals surface area contributed by atoms with Crippen LogP contribution >= 0.6 is 0 Å². The van der Waals surface area contributed by atoms with Crippen LogP contribution in [0.2, 0.25) is 0 Å². The predicted molar refractivity (Wildman–Crippen MR) is 53.8 cm³/mol. The van der Waals surface area contributed by atoms with Gasteiger partial charge in [-0.3, -0.25) is 9.58 Å². The van der Waals surface area contributed by atoms with Gasteiger partial charge in [0.05, 0.1) is 17.5 Å². The number of hydrogen-bond donors (Lipinski definition) is 1. The topological polar surface area (TPSA) is 41.3 Å². The lowest BCUT2D eigenvalue weighted by Crippen LogP contribution is -2.22. The zero-order valence-corrected chi connectivity index (χ0v) is 8.77. The molecule has 1 aromatic heterocycles. The van der Waals surface area contributed by atoms with Gasteiger partial charge in [-0.05, 0) is 19.4 Å². The molecule has 2 rings (SSSR count). The van der Waals surface area contributed by atoms with Gasteiger partial charge in [0.15, 0.2) is 0 Å². The molecule has 2 heterocycles. The molecular weight excluding hydrogens is 178 g/mol. The molecular formula is C10H17N3O. The van der Waals surface area contributed by atoms with E-state index in [0.29, 0.717) is 0 Å². The molecule has 0 radical (unpaired) electrons. The van der Waals surface area contributed by atoms with Crippen molar-refractivity contribution >= 4 is 0 Å². The first-order valence-electron chi connectivity index (χ1n) is 5.05. The second kappa shape index (κ2) is 3.71. The van der Waals surface area contributed by atoms with Crippen LogP contribution in [0.4, 0.5) is 0 Å². The van der Waals surface area contributed by atoms with Crippen molar-refractivity contribution in [2.75, 3.05) is 13.1 Å². The summed E-state index contributed by atoms with van der Waals surface area (Å²) in [5, 5.41) is 13.7. The molecule has 1 saturated heterocycles. The Hall–Kier alpha value is -0.870. The lowest BCUT2D eigenvalue weighted by Gasteiger charge is -2.14. The Balaban J connectivity index is 2.00. The van der Waals surface area contributed by atoms with E-state index in [4.69, 9.17) is 0 Å². The molecule has 1 fully saturated rings. The molecule has 1 N–H and O–H groups in total. The monoisotopic (exact) mass is 195 g/mol. The summed E-state index contributed by atoms with van der Waals surface area (Å²) in [5.74, 6) is 0. The van der Waals surface area contributed by atoms with E-state index in [0.717, 1.165) is 31.7 Å². The predicted octanol–water partition coefficient (Wildman–Crippen LogP) is 0.295. The number of rotatable bonds is 2. The molecule has 0 bridgehead atoms. The Morgan fingerprint density at radius 1 is 1.64 bits per heavy atom. The number of likely N-dealkylation sites (tertiary alicyclic amines) is 1. The number of aliphatic hydroxyl groups is 1. The average Bonchev–Trinajstić information content (AvgIpc) is 2.61. The lowest BCUT2D eigenvalue weighted by atomic mass is 10.3. The fourth-order valence-electron chi connectivity index (χ4n) is 2.00. The molecule has 1 atom stereocenters. The van der Waals surface area contributed by atoms with Crippen molar-refractivity contribution in [1.29, 1.82) is 0 Å². The van der Waals surface area contributed by atoms with Gasteiger partial charge in [-0.25, -0.2) is 0 Å². The maximum Gasteiger partial charge on any atom is 0.0679 e. The quantitative estimate of drug-likeness (QED) is 0.737. The summed E-state index contributed by atoms with van der Waals surface area (Å²) in [7, 11) is 1.97. The van der Waals surface area contributed by atoms with Gasteiger partial charge in [0.25, 0.3) is 0 Å². The van der Waals surface area contributed by atoms with Gasteiger partial charge >= 0.3 is 0 Å². The van der Waals surface area contributed by atoms with Crippen LogP contribution in [0, 0.1) is 6.92 Å². The Kier molecular flexibility index (Phi) is 2.56. The van der Waals surface area contributed by atoms with Gasteiger partial charge in [-0.1, -0.05) is 0 Å². The smallest absolute Gasteiger partial charge is 0.0679 e. The summed E-state index contributed by atoms with van der Waals surface area (Å²) in [6.45, 7) is 4.69. The Bertz CT molecular complexity index is 321. The van der Waals surface area contributed by atoms with Gasteiger partial charge in [0, 0.05) is 26.7 Å². The molecule has 78 valence electrons. The van der Waals surface area contributed by atoms with E-state index in [1.807, 2.05) is 18.7 Å². The summed E-state index contributed by atoms with van der Waals surface area (Å²) in [6.07, 6.45) is 0.765. The molecule has 0 aromatic carbocycles. The molecule has 14 heavy (non-hydrogen) atoms. The molecule has 1 aliphatic heterocycles. The van der Waals surface area contributed by atoms with Gasteiger partial charge in [0.2, 0.25) is 0 Å². The van der Waals surface area contributed by atoms with Crippen LogP contribution in [-0.2, 0) is 13.6 Å². The Morgan fingerprint density at radius 2 is 2.43 bits per heavy atom. The fraction of sp³-hybridized carbons (Fsp3) is 0.700. The van der Waals surface area contributed by atoms with Gasteiger partial charge in [-0.2, -0.15) is 5.10 Å². The highest BCUT2D eigenvalue weighted by Gasteiger charge is 2.20. The average molecular weight is 195 g/mol. The summed E-state index contributed by atoms with van der Waals surface area (Å²) < 4.78 is 1.92. The molecule has 4 heteroatoms. The normalized spacial score (nSPS) is 23.2. The van der Waals surface area contributed by atoms with E-state index in [1.54, 1.807) is 0 Å². The lowest BCUT2D eigenvalue weighted by molar-refractivity contribution is 0.174. The van der Waals surface area contributed by atoms with E-state index in [9.17, 15) is 5.11 Å². The molecule has 0 unspecified atom stereocenters. The molecule has 0 spiro atoms. The minimum Gasteiger partial charge on any atom is -0.392 e. The molecule has 4 nitrogen and oxygen atoms in total. The van der Waals surface area contributed by atoms with Crippen LogP contribution < -0.4 is 0 Å². The first kappa shape index (κ1) is 9.68. The minimum atomic E-state index is -0.135. The van der Waals surface area contributed by atoms with Gasteiger partial charge in [0.1, 0.15) is 0 Å². The minimum absolute atomic E-state index is 0.135. The third-order valence-corrected chi connectivity index (χ3v) is 2.73. The molecule has 0 aliphatic carbocycles. The van der Waals surface area contributed by atoms with E-state index >= 15 is 0 Å². The standard InChI is InChI=1S/C10H17N3O/c1-8-5-9(12(2)11-8)6-13-4-3-10(14)7-13/h5,10,14H,3-4,6-7H2,1-2H3/t10-/m1/s1. The number of hydrogen-bond acceptors (Lipinski definition) is 3. The van der Waals surface area contributed by atoms with Crippen LogP contribution in [0.5, 0.6) is 0 Å². The number of aryl methyl sites for hydroxylation is 2. The maximum atomic E-state index is 9.39. The highest BCUT2D eigenvalue weighted by atomic mass is 16.3. The van der Waals surface area contributed by atoms with Crippen LogP contribution in [0.3, 0.4) is 0 Å². The highest BCUT2D eigenvalue weighted by molar-refractivity contribution is 5.08. The number of aromatic nitrogens is 2. The summed E-state index contributed by atoms with van der Waals surface area (Å²) in [4.78, 5) is 2.26. The number of nitrogens with zero attached hydrogens (tertiary/aromatic N) is 3. The van der Waals surface area contributed by atoms with Crippen molar-refractivity contribution in [2.45, 2.75) is 26.0 Å². The van der Waals surface area contributed by atoms with Crippen LogP contribution in [0.1, 0.15) is 17.8 Å². The van der Waals surface area contributed by atoms with E-state index < -0.39 is 0 Å². The fourth-order valence-corrected chi connectivity index (χ4v) is 2.00. The van der Waals surface area contributed by atoms with Gasteiger partial charge < -0.3 is 5.11 Å². The number of aliphatic hydroxyl groups excluding tert-OH is 1. The van der Waals surface area contributed by atoms with E-state index in [2.05, 4.69) is 16.1 Å². The second-order valence-electron chi connectivity index (χ2n) is 4.08. The molecule has 0 saturated carbocycles. The summed E-state index contributed by atoms with van der Waals surface area (Å²) in [5.41, 5.74) is 2.28. The summed E-state index contributed by atoms with van der Waals surface area (Å²) in [6, 6.07) is 2.10. The number of β-amino-alcohol motifs (C(OH)–C–C–N with tert-alkyl or cyclic N) is 1. The largest absolute Gasteiger partial charge is 0.392 e. The third kappa shape index (κ3) is 1.96. The van der Waals surface area contributed by atoms with Crippen molar-refractivity contribution in [3.05, 3.63) is 17.5 Å². The van der Waals surface area contributed by atoms with Crippen LogP contribution in [0.15, 0.2) is 6.07 Å². The maximum absolute atomic E-state index is 9.39. The van der Waals surface area contributed by atoms with Crippen LogP contribution in [-0.4, -0.2) is 39.0 Å². The second-order valence-corrected chi connectivity index (χ2v) is 4.08. The molecule has 0 amide bonds. The van der Waals surface area contributed by atoms with Crippen molar-refractivity contribution < 1.29 is 5.11 Å².